The number of anilines is 1. The third-order valence-corrected chi connectivity index (χ3v) is 5.04. The highest BCUT2D eigenvalue weighted by Gasteiger charge is 2.23. The predicted octanol–water partition coefficient (Wildman–Crippen LogP) is 1.20. The normalized spacial score (nSPS) is 15.2. The summed E-state index contributed by atoms with van der Waals surface area (Å²) >= 11 is 0. The van der Waals surface area contributed by atoms with Gasteiger partial charge in [-0.2, -0.15) is 0 Å². The molecule has 2 rings (SSSR count). The Morgan fingerprint density at radius 2 is 2.04 bits per heavy atom. The number of carbonyl (C=O) groups is 1. The van der Waals surface area contributed by atoms with Gasteiger partial charge in [0.05, 0.1) is 11.4 Å². The Kier molecular flexibility index (Phi) is 5.28. The van der Waals surface area contributed by atoms with Gasteiger partial charge in [0, 0.05) is 50.2 Å². The number of carbonyl (C=O) groups excluding carboxylic acids is 1. The minimum atomic E-state index is -3.31. The first-order valence-electron chi connectivity index (χ1n) is 7.53. The van der Waals surface area contributed by atoms with Gasteiger partial charge in [-0.15, -0.1) is 0 Å². The smallest absolute Gasteiger partial charge is 0.219 e. The van der Waals surface area contributed by atoms with E-state index in [4.69, 9.17) is 5.41 Å². The van der Waals surface area contributed by atoms with Crippen LogP contribution in [0.5, 0.6) is 0 Å². The molecule has 1 aromatic rings. The number of sulfone groups is 1. The number of hydrogen-bond acceptors (Lipinski definition) is 5. The lowest BCUT2D eigenvalue weighted by Crippen LogP contribution is -2.40. The van der Waals surface area contributed by atoms with Crippen LogP contribution < -0.4 is 10.6 Å². The number of amidine groups is 1. The highest BCUT2D eigenvalue weighted by molar-refractivity contribution is 7.90. The predicted molar refractivity (Wildman–Crippen MR) is 93.9 cm³/mol. The lowest BCUT2D eigenvalue weighted by atomic mass is 10.0. The molecule has 3 N–H and O–H groups in total. The zero-order valence-electron chi connectivity index (χ0n) is 14.0. The Balaban J connectivity index is 2.25. The van der Waals surface area contributed by atoms with Crippen molar-refractivity contribution in [2.24, 2.45) is 0 Å². The van der Waals surface area contributed by atoms with Crippen LogP contribution in [0.15, 0.2) is 40.4 Å². The lowest BCUT2D eigenvalue weighted by molar-refractivity contribution is -0.128. The minimum absolute atomic E-state index is 0.0328. The molecule has 0 fully saturated rings. The molecule has 1 aliphatic rings. The van der Waals surface area contributed by atoms with Gasteiger partial charge in [-0.05, 0) is 18.2 Å². The molecule has 0 aromatic heterocycles. The van der Waals surface area contributed by atoms with E-state index in [1.165, 1.54) is 19.1 Å². The van der Waals surface area contributed by atoms with Crippen LogP contribution in [-0.4, -0.2) is 51.5 Å². The van der Waals surface area contributed by atoms with Crippen molar-refractivity contribution < 1.29 is 13.2 Å². The van der Waals surface area contributed by atoms with Gasteiger partial charge in [0.15, 0.2) is 9.84 Å². The van der Waals surface area contributed by atoms with Crippen molar-refractivity contribution in [3.63, 3.8) is 0 Å². The molecule has 1 aromatic carbocycles. The van der Waals surface area contributed by atoms with Gasteiger partial charge >= 0.3 is 0 Å². The SMILES string of the molecule is CNC1=C(C(=N)Nc2cccc(S(C)(=O)=O)c2)CN(C(C)=O)CC1. The van der Waals surface area contributed by atoms with E-state index >= 15 is 0 Å². The maximum Gasteiger partial charge on any atom is 0.219 e. The first-order valence-corrected chi connectivity index (χ1v) is 9.43. The van der Waals surface area contributed by atoms with E-state index in [2.05, 4.69) is 10.6 Å². The third kappa shape index (κ3) is 4.14. The van der Waals surface area contributed by atoms with Crippen molar-refractivity contribution in [2.45, 2.75) is 18.2 Å². The summed E-state index contributed by atoms with van der Waals surface area (Å²) in [5, 5.41) is 14.3. The van der Waals surface area contributed by atoms with Crippen LogP contribution in [0.2, 0.25) is 0 Å². The summed E-state index contributed by atoms with van der Waals surface area (Å²) in [4.78, 5) is 13.5. The van der Waals surface area contributed by atoms with Crippen LogP contribution in [0.3, 0.4) is 0 Å². The van der Waals surface area contributed by atoms with Crippen LogP contribution in [0.1, 0.15) is 13.3 Å². The zero-order chi connectivity index (χ0) is 17.9. The first kappa shape index (κ1) is 18.0. The monoisotopic (exact) mass is 350 g/mol. The molecule has 0 saturated carbocycles. The van der Waals surface area contributed by atoms with E-state index in [1.54, 1.807) is 24.1 Å². The van der Waals surface area contributed by atoms with Crippen molar-refractivity contribution in [3.05, 3.63) is 35.5 Å². The highest BCUT2D eigenvalue weighted by atomic mass is 32.2. The average molecular weight is 350 g/mol. The van der Waals surface area contributed by atoms with Crippen molar-refractivity contribution in [1.82, 2.24) is 10.2 Å². The second kappa shape index (κ2) is 7.04. The number of rotatable bonds is 4. The highest BCUT2D eigenvalue weighted by Crippen LogP contribution is 2.20. The summed E-state index contributed by atoms with van der Waals surface area (Å²) in [6.45, 7) is 2.48. The van der Waals surface area contributed by atoms with Gasteiger partial charge in [-0.25, -0.2) is 8.42 Å². The maximum absolute atomic E-state index is 11.6. The molecular formula is C16H22N4O3S. The van der Waals surface area contributed by atoms with Crippen LogP contribution in [0.25, 0.3) is 0 Å². The Morgan fingerprint density at radius 3 is 2.62 bits per heavy atom. The van der Waals surface area contributed by atoms with Gasteiger partial charge in [-0.1, -0.05) is 6.07 Å². The standard InChI is InChI=1S/C16H22N4O3S/c1-11(21)20-8-7-15(18-2)14(10-20)16(17)19-12-5-4-6-13(9-12)24(3,22)23/h4-6,9,18H,7-8,10H2,1-3H3,(H2,17,19). The minimum Gasteiger partial charge on any atom is -0.391 e. The molecule has 130 valence electrons. The van der Waals surface area contributed by atoms with Crippen LogP contribution in [-0.2, 0) is 14.6 Å². The molecule has 0 radical (unpaired) electrons. The fourth-order valence-electron chi connectivity index (χ4n) is 2.56. The van der Waals surface area contributed by atoms with E-state index in [0.29, 0.717) is 30.8 Å². The summed E-state index contributed by atoms with van der Waals surface area (Å²) in [5.74, 6) is 0.116. The largest absolute Gasteiger partial charge is 0.391 e. The van der Waals surface area contributed by atoms with Crippen LogP contribution >= 0.6 is 0 Å². The van der Waals surface area contributed by atoms with Gasteiger partial charge in [0.2, 0.25) is 5.91 Å². The van der Waals surface area contributed by atoms with E-state index in [-0.39, 0.29) is 16.6 Å². The molecule has 8 heteroatoms. The molecule has 7 nitrogen and oxygen atoms in total. The van der Waals surface area contributed by atoms with Crippen molar-refractivity contribution in [2.75, 3.05) is 31.7 Å². The zero-order valence-corrected chi connectivity index (χ0v) is 14.8. The summed E-state index contributed by atoms with van der Waals surface area (Å²) < 4.78 is 23.3. The molecule has 0 atom stereocenters. The Hall–Kier alpha value is -2.35. The Morgan fingerprint density at radius 1 is 1.33 bits per heavy atom. The Labute approximate surface area is 142 Å². The summed E-state index contributed by atoms with van der Waals surface area (Å²) in [6, 6.07) is 6.34. The van der Waals surface area contributed by atoms with Crippen LogP contribution in [0.4, 0.5) is 5.69 Å². The number of amides is 1. The second-order valence-electron chi connectivity index (χ2n) is 5.70. The Bertz CT molecular complexity index is 799. The molecule has 1 aliphatic heterocycles. The first-order chi connectivity index (χ1) is 11.2. The molecule has 1 heterocycles. The van der Waals surface area contributed by atoms with Gasteiger partial charge < -0.3 is 15.5 Å². The fourth-order valence-corrected chi connectivity index (χ4v) is 3.23. The molecular weight excluding hydrogens is 328 g/mol. The molecule has 1 amide bonds. The molecule has 0 saturated heterocycles. The van der Waals surface area contributed by atoms with E-state index < -0.39 is 9.84 Å². The van der Waals surface area contributed by atoms with Crippen LogP contribution in [0, 0.1) is 5.41 Å². The molecule has 0 spiro atoms. The molecule has 0 bridgehead atoms. The van der Waals surface area contributed by atoms with Gasteiger partial charge in [0.25, 0.3) is 0 Å². The van der Waals surface area contributed by atoms with E-state index in [9.17, 15) is 13.2 Å². The average Bonchev–Trinajstić information content (AvgIpc) is 2.53. The number of nitrogens with one attached hydrogen (secondary N) is 3. The maximum atomic E-state index is 11.6. The summed E-state index contributed by atoms with van der Waals surface area (Å²) in [6.07, 6.45) is 1.80. The second-order valence-corrected chi connectivity index (χ2v) is 7.71. The van der Waals surface area contributed by atoms with Gasteiger partial charge in [-0.3, -0.25) is 10.2 Å². The van der Waals surface area contributed by atoms with E-state index in [0.717, 1.165) is 12.0 Å². The molecule has 0 unspecified atom stereocenters. The summed E-state index contributed by atoms with van der Waals surface area (Å²) in [5.41, 5.74) is 2.12. The topological polar surface area (TPSA) is 102 Å². The molecule has 24 heavy (non-hydrogen) atoms. The molecule has 0 aliphatic carbocycles. The van der Waals surface area contributed by atoms with Crippen molar-refractivity contribution in [1.29, 1.82) is 5.41 Å². The van der Waals surface area contributed by atoms with Crippen molar-refractivity contribution >= 4 is 27.3 Å². The number of nitrogens with zero attached hydrogens (tertiary/aromatic N) is 1. The van der Waals surface area contributed by atoms with Gasteiger partial charge in [0.1, 0.15) is 5.84 Å². The van der Waals surface area contributed by atoms with E-state index in [1.807, 2.05) is 0 Å². The number of benzene rings is 1. The lowest BCUT2D eigenvalue weighted by Gasteiger charge is -2.30. The summed E-state index contributed by atoms with van der Waals surface area (Å²) in [7, 11) is -1.52. The quantitative estimate of drug-likeness (QED) is 0.559. The van der Waals surface area contributed by atoms with Crippen molar-refractivity contribution in [3.8, 4) is 0 Å². The third-order valence-electron chi connectivity index (χ3n) is 3.93. The fraction of sp³-hybridized carbons (Fsp3) is 0.375. The number of hydrogen-bond donors (Lipinski definition) is 3.